The van der Waals surface area contributed by atoms with Gasteiger partial charge in [0.05, 0.1) is 0 Å². The van der Waals surface area contributed by atoms with Crippen molar-refractivity contribution in [3.63, 3.8) is 0 Å². The van der Waals surface area contributed by atoms with E-state index in [0.717, 1.165) is 92.6 Å². The molecule has 0 N–H and O–H groups in total. The van der Waals surface area contributed by atoms with Crippen molar-refractivity contribution in [2.45, 2.75) is 210 Å². The van der Waals surface area contributed by atoms with Crippen LogP contribution in [0.15, 0.2) is 9.79 Å². The average Bonchev–Trinajstić information content (AvgIpc) is 3.25. The molecule has 16 heteroatoms. The van der Waals surface area contributed by atoms with Gasteiger partial charge in [0.25, 0.3) is 0 Å². The van der Waals surface area contributed by atoms with E-state index in [1.165, 1.54) is 51.4 Å². The quantitative estimate of drug-likeness (QED) is 0.0274. The molecule has 0 saturated heterocycles. The van der Waals surface area contributed by atoms with Gasteiger partial charge in [0.1, 0.15) is 0 Å². The molecule has 0 unspecified atom stereocenters. The van der Waals surface area contributed by atoms with E-state index in [1.54, 1.807) is 21.0 Å². The third-order valence-electron chi connectivity index (χ3n) is 8.90. The second-order valence-electron chi connectivity index (χ2n) is 14.4. The van der Waals surface area contributed by atoms with Crippen LogP contribution in [0.4, 0.5) is 43.9 Å². The summed E-state index contributed by atoms with van der Waals surface area (Å²) >= 11 is -2.86. The van der Waals surface area contributed by atoms with Crippen LogP contribution < -0.4 is 0 Å². The number of benzene rings is 2. The molecule has 0 heterocycles. The molecule has 2 rings (SSSR count). The molecular formula is C44H72F10Ge4S2. The molecule has 0 amide bonds. The van der Waals surface area contributed by atoms with Crippen LogP contribution in [-0.4, -0.2) is 57.3 Å². The van der Waals surface area contributed by atoms with E-state index in [1.807, 2.05) is 27.7 Å². The Labute approximate surface area is 386 Å². The Morgan fingerprint density at radius 1 is 0.300 bits per heavy atom. The number of hydrogen-bond donors (Lipinski definition) is 0. The van der Waals surface area contributed by atoms with Gasteiger partial charge in [-0.05, 0) is 0 Å². The van der Waals surface area contributed by atoms with Crippen LogP contribution >= 0.6 is 20.2 Å². The Bertz CT molecular complexity index is 1190. The van der Waals surface area contributed by atoms with Crippen molar-refractivity contribution >= 4 is 77.5 Å². The average molecular weight is 1150 g/mol. The van der Waals surface area contributed by atoms with E-state index in [0.29, 0.717) is 30.9 Å². The summed E-state index contributed by atoms with van der Waals surface area (Å²) in [4.78, 5) is -1.37. The summed E-state index contributed by atoms with van der Waals surface area (Å²) in [7, 11) is 1.86. The molecule has 60 heavy (non-hydrogen) atoms. The van der Waals surface area contributed by atoms with Crippen molar-refractivity contribution in [1.82, 2.24) is 0 Å². The Morgan fingerprint density at radius 3 is 0.667 bits per heavy atom. The van der Waals surface area contributed by atoms with E-state index in [9.17, 15) is 43.9 Å². The molecule has 0 fully saturated rings. The Morgan fingerprint density at radius 2 is 0.483 bits per heavy atom. The molecule has 2 aromatic carbocycles. The zero-order valence-corrected chi connectivity index (χ0v) is 47.6. The first kappa shape index (κ1) is 62.7. The predicted octanol–water partition coefficient (Wildman–Crippen LogP) is 18.4. The molecule has 6 radical (unpaired) electrons. The van der Waals surface area contributed by atoms with Crippen molar-refractivity contribution in [2.75, 3.05) is 0 Å². The first-order chi connectivity index (χ1) is 28.7. The van der Waals surface area contributed by atoms with Gasteiger partial charge >= 0.3 is 389 Å². The first-order valence-electron chi connectivity index (χ1n) is 22.2. The molecule has 0 aliphatic heterocycles. The van der Waals surface area contributed by atoms with Crippen LogP contribution in [0.25, 0.3) is 0 Å². The molecule has 346 valence electrons. The second-order valence-corrected chi connectivity index (χ2v) is 39.2. The monoisotopic (exact) mass is 1150 g/mol. The van der Waals surface area contributed by atoms with E-state index in [2.05, 4.69) is 27.7 Å². The van der Waals surface area contributed by atoms with E-state index >= 15 is 0 Å². The normalized spacial score (nSPS) is 11.0. The van der Waals surface area contributed by atoms with E-state index in [-0.39, 0.29) is 0 Å². The van der Waals surface area contributed by atoms with Gasteiger partial charge in [-0.3, -0.25) is 0 Å². The number of rotatable bonds is 28. The predicted molar refractivity (Wildman–Crippen MR) is 245 cm³/mol. The van der Waals surface area contributed by atoms with Crippen LogP contribution in [0.1, 0.15) is 158 Å². The zero-order valence-electron chi connectivity index (χ0n) is 37.6. The third-order valence-corrected chi connectivity index (χ3v) is 34.6. The van der Waals surface area contributed by atoms with Gasteiger partial charge in [0.2, 0.25) is 0 Å². The van der Waals surface area contributed by atoms with E-state index < -0.39 is 94.4 Å². The summed E-state index contributed by atoms with van der Waals surface area (Å²) in [6.45, 7) is 17.2. The van der Waals surface area contributed by atoms with Gasteiger partial charge in [0.15, 0.2) is 0 Å². The van der Waals surface area contributed by atoms with Crippen LogP contribution in [-0.2, 0) is 0 Å². The molecule has 0 spiro atoms. The zero-order chi connectivity index (χ0) is 45.9. The SMILES string of the molecule is CCC[CH2][Ge]([CH2]CCC)[S]c1c(F)c(F)c(F)c(F)c1F.CCC[CH2][Ge]([CH2]CCC)[S]c1c(F)c(F)c(F)c(F)c1F.CCC[CH2][Ge][CH2]CCC.CCC[CH2][Ge][CH2]CCC. The molecule has 0 aliphatic rings. The molecule has 0 atom stereocenters. The van der Waals surface area contributed by atoms with Crippen LogP contribution in [0.2, 0.25) is 42.0 Å². The van der Waals surface area contributed by atoms with Gasteiger partial charge in [-0.1, -0.05) is 0 Å². The van der Waals surface area contributed by atoms with Crippen LogP contribution in [0, 0.1) is 58.2 Å². The van der Waals surface area contributed by atoms with Crippen LogP contribution in [0.5, 0.6) is 0 Å². The van der Waals surface area contributed by atoms with Crippen molar-refractivity contribution in [3.8, 4) is 0 Å². The summed E-state index contributed by atoms with van der Waals surface area (Å²) in [6.07, 6.45) is 19.1. The molecule has 0 aliphatic carbocycles. The summed E-state index contributed by atoms with van der Waals surface area (Å²) < 4.78 is 134. The summed E-state index contributed by atoms with van der Waals surface area (Å²) in [5, 5.41) is 9.77. The number of halogens is 10. The second kappa shape index (κ2) is 41.1. The number of unbranched alkanes of at least 4 members (excludes halogenated alkanes) is 8. The van der Waals surface area contributed by atoms with Gasteiger partial charge < -0.3 is 0 Å². The molecule has 2 aromatic rings. The first-order valence-corrected chi connectivity index (χ1v) is 40.8. The third kappa shape index (κ3) is 27.2. The van der Waals surface area contributed by atoms with Gasteiger partial charge in [-0.15, -0.1) is 0 Å². The standard InChI is InChI=1S/2C14H18F5GeS.2C8H18Ge/c2*1-3-5-7-20(8-6-4-2)21-14-12(18)10(16)9(15)11(17)13(14)19;2*1-3-5-7-9-8-6-4-2/h2*3-8H2,1-2H3;2*3-8H2,1-2H3. The molecule has 0 nitrogen and oxygen atoms in total. The van der Waals surface area contributed by atoms with Gasteiger partial charge in [-0.2, -0.15) is 0 Å². The molecule has 0 saturated carbocycles. The van der Waals surface area contributed by atoms with Crippen molar-refractivity contribution < 1.29 is 43.9 Å². The Kier molecular flexibility index (Phi) is 42.9. The minimum atomic E-state index is -2.09. The minimum absolute atomic E-state index is 0.496. The molecule has 0 bridgehead atoms. The molecular weight excluding hydrogens is 1070 g/mol. The topological polar surface area (TPSA) is 0 Å². The maximum absolute atomic E-state index is 13.7. The Hall–Kier alpha value is 0.611. The van der Waals surface area contributed by atoms with Crippen molar-refractivity contribution in [1.29, 1.82) is 0 Å². The fourth-order valence-corrected chi connectivity index (χ4v) is 31.6. The molecule has 0 aromatic heterocycles. The summed E-state index contributed by atoms with van der Waals surface area (Å²) in [6, 6.07) is 0. The van der Waals surface area contributed by atoms with Gasteiger partial charge in [-0.25, -0.2) is 0 Å². The van der Waals surface area contributed by atoms with Crippen molar-refractivity contribution in [2.24, 2.45) is 0 Å². The summed E-state index contributed by atoms with van der Waals surface area (Å²) in [5.74, 6) is -18.3. The van der Waals surface area contributed by atoms with Crippen molar-refractivity contribution in [3.05, 3.63) is 58.2 Å². The number of hydrogen-bond acceptors (Lipinski definition) is 2. The fourth-order valence-electron chi connectivity index (χ4n) is 5.04. The summed E-state index contributed by atoms with van der Waals surface area (Å²) in [5.41, 5.74) is 0. The Balaban J connectivity index is 0. The van der Waals surface area contributed by atoms with Crippen LogP contribution in [0.3, 0.4) is 0 Å². The maximum atomic E-state index is 13.7. The fraction of sp³-hybridized carbons (Fsp3) is 0.727. The van der Waals surface area contributed by atoms with Gasteiger partial charge in [0, 0.05) is 0 Å². The van der Waals surface area contributed by atoms with E-state index in [4.69, 9.17) is 0 Å².